The third-order valence-electron chi connectivity index (χ3n) is 15.8. The first-order valence-electron chi connectivity index (χ1n) is 34.4. The number of hydrogen-bond donors (Lipinski definition) is 2. The van der Waals surface area contributed by atoms with E-state index in [0.717, 1.165) is 11.3 Å². The molecule has 2 heterocycles. The summed E-state index contributed by atoms with van der Waals surface area (Å²) in [5.41, 5.74) is 1.51. The molecule has 16 aromatic rings. The molecule has 14 aromatic carbocycles. The van der Waals surface area contributed by atoms with E-state index in [2.05, 4.69) is 380 Å². The second-order valence-electron chi connectivity index (χ2n) is 23.1. The normalized spacial score (nSPS) is 10.2. The van der Waals surface area contributed by atoms with Crippen LogP contribution >= 0.6 is 47.6 Å². The van der Waals surface area contributed by atoms with E-state index in [-0.39, 0.29) is 20.4 Å². The number of halogens is 1. The Kier molecular flexibility index (Phi) is 34.8. The monoisotopic (exact) mass is 1620 g/mol. The Balaban J connectivity index is 0.000000147. The second-order valence-corrected chi connectivity index (χ2v) is 32.8. The Morgan fingerprint density at radius 2 is 0.411 bits per heavy atom. The first kappa shape index (κ1) is 80.9. The quantitative estimate of drug-likeness (QED) is 0.0568. The summed E-state index contributed by atoms with van der Waals surface area (Å²) in [6.07, 6.45) is 1.36. The molecule has 16 rings (SSSR count). The molecule has 0 aliphatic heterocycles. The van der Waals surface area contributed by atoms with Crippen LogP contribution in [0.1, 0.15) is 21.1 Å². The predicted molar refractivity (Wildman–Crippen MR) is 458 cm³/mol. The van der Waals surface area contributed by atoms with E-state index in [0.29, 0.717) is 34.2 Å². The van der Waals surface area contributed by atoms with Gasteiger partial charge in [-0.05, 0) is 141 Å². The van der Waals surface area contributed by atoms with Crippen molar-refractivity contribution in [3.8, 4) is 11.3 Å². The van der Waals surface area contributed by atoms with Crippen LogP contribution in [0.2, 0.25) is 0 Å². The van der Waals surface area contributed by atoms with Crippen LogP contribution in [0.15, 0.2) is 462 Å². The number of rotatable bonds is 16. The number of benzene rings is 14. The van der Waals surface area contributed by atoms with Crippen molar-refractivity contribution in [3.05, 3.63) is 465 Å². The maximum absolute atomic E-state index is 10.4. The standard InChI is InChI=1S/4C18H15P.C11H8O2.C6H7BO2.C5H3BrO2.Pd/c4*1-4-10-16(11-5-1)19(17-12-6-2-7-13-17)18-14-8-3-9-15-18;12-8-10-6-7-11(13-10)9-4-2-1-3-5-9;8-7(9)6-4-2-1-3-5-6;6-5-2-1-4(3-7)8-5;/h4*1-15H;1-8H;1-5,8-9H;1-3H;. The molecule has 6 nitrogen and oxygen atoms in total. The molecule has 2 N–H and O–H groups in total. The van der Waals surface area contributed by atoms with Crippen LogP contribution in [0.5, 0.6) is 0 Å². The van der Waals surface area contributed by atoms with Crippen LogP contribution in [0, 0.1) is 0 Å². The molecule has 0 unspecified atom stereocenters. The Morgan fingerprint density at radius 3 is 0.561 bits per heavy atom. The molecule has 0 bridgehead atoms. The SMILES string of the molecule is O=Cc1ccc(-c2ccccc2)o1.O=Cc1ccc(Br)o1.OB(O)c1ccccc1.[Pd].c1ccc(P(c2ccccc2)c2ccccc2)cc1.c1ccc(P(c2ccccc2)c2ccccc2)cc1.c1ccc(P(c2ccccc2)c2ccccc2)cc1.c1ccc(P(c2ccccc2)c2ccccc2)cc1. The second kappa shape index (κ2) is 46.0. The minimum absolute atomic E-state index is 0. The van der Waals surface area contributed by atoms with Crippen LogP contribution in [0.3, 0.4) is 0 Å². The van der Waals surface area contributed by atoms with Crippen molar-refractivity contribution in [3.63, 3.8) is 0 Å². The van der Waals surface area contributed by atoms with Crippen LogP contribution in [0.25, 0.3) is 11.3 Å². The van der Waals surface area contributed by atoms with Gasteiger partial charge in [0.15, 0.2) is 28.8 Å². The van der Waals surface area contributed by atoms with E-state index in [9.17, 15) is 9.59 Å². The maximum atomic E-state index is 10.4. The van der Waals surface area contributed by atoms with Gasteiger partial charge in [0.05, 0.1) is 0 Å². The topological polar surface area (TPSA) is 101 Å². The molecule has 0 spiro atoms. The average Bonchev–Trinajstić information content (AvgIpc) is 1.25. The molecular formula is C94H78BBrO6P4Pd. The number of carbonyl (C=O) groups excluding carboxylic acids is 2. The van der Waals surface area contributed by atoms with Crippen LogP contribution in [-0.2, 0) is 20.4 Å². The summed E-state index contributed by atoms with van der Waals surface area (Å²) >= 11 is 3.05. The van der Waals surface area contributed by atoms with Crippen molar-refractivity contribution in [2.75, 3.05) is 0 Å². The summed E-state index contributed by atoms with van der Waals surface area (Å²) in [5, 5.41) is 33.9. The van der Waals surface area contributed by atoms with Crippen molar-refractivity contribution >= 4 is 136 Å². The fourth-order valence-electron chi connectivity index (χ4n) is 10.9. The third kappa shape index (κ3) is 26.1. The molecule has 0 fully saturated rings. The number of carbonyl (C=O) groups is 2. The van der Waals surface area contributed by atoms with Gasteiger partial charge in [-0.2, -0.15) is 0 Å². The smallest absolute Gasteiger partial charge is 0.453 e. The summed E-state index contributed by atoms with van der Waals surface area (Å²) in [5.74, 6) is 1.43. The molecule has 0 saturated carbocycles. The molecule has 13 heteroatoms. The van der Waals surface area contributed by atoms with Crippen molar-refractivity contribution in [1.82, 2.24) is 0 Å². The minimum atomic E-state index is -1.34. The van der Waals surface area contributed by atoms with E-state index in [1.165, 1.54) is 63.7 Å². The molecule has 0 atom stereocenters. The largest absolute Gasteiger partial charge is 0.488 e. The van der Waals surface area contributed by atoms with Gasteiger partial charge in [-0.3, -0.25) is 9.59 Å². The van der Waals surface area contributed by atoms with E-state index in [1.54, 1.807) is 48.5 Å². The van der Waals surface area contributed by atoms with Gasteiger partial charge in [0.25, 0.3) is 0 Å². The summed E-state index contributed by atoms with van der Waals surface area (Å²) in [7, 11) is -3.13. The fourth-order valence-corrected chi connectivity index (χ4v) is 20.4. The van der Waals surface area contributed by atoms with Crippen molar-refractivity contribution in [2.45, 2.75) is 0 Å². The molecule has 0 radical (unpaired) electrons. The van der Waals surface area contributed by atoms with Gasteiger partial charge >= 0.3 is 7.12 Å². The zero-order chi connectivity index (χ0) is 73.4. The molecule has 107 heavy (non-hydrogen) atoms. The van der Waals surface area contributed by atoms with E-state index >= 15 is 0 Å². The van der Waals surface area contributed by atoms with Crippen molar-refractivity contribution in [1.29, 1.82) is 0 Å². The van der Waals surface area contributed by atoms with E-state index < -0.39 is 38.8 Å². The van der Waals surface area contributed by atoms with Gasteiger partial charge in [0.1, 0.15) is 5.76 Å². The molecule has 0 amide bonds. The Morgan fingerprint density at radius 1 is 0.234 bits per heavy atom. The van der Waals surface area contributed by atoms with Crippen molar-refractivity contribution < 1.29 is 48.9 Å². The van der Waals surface area contributed by atoms with Crippen LogP contribution in [0.4, 0.5) is 0 Å². The van der Waals surface area contributed by atoms with Gasteiger partial charge in [0.2, 0.25) is 0 Å². The fraction of sp³-hybridized carbons (Fsp3) is 0. The molecule has 530 valence electrons. The first-order valence-corrected chi connectivity index (χ1v) is 40.5. The first-order chi connectivity index (χ1) is 52.3. The Bertz CT molecular complexity index is 4160. The summed E-state index contributed by atoms with van der Waals surface area (Å²) in [4.78, 5) is 20.3. The van der Waals surface area contributed by atoms with Gasteiger partial charge in [-0.15, -0.1) is 0 Å². The van der Waals surface area contributed by atoms with Gasteiger partial charge < -0.3 is 18.9 Å². The molecule has 0 saturated heterocycles. The number of aldehydes is 2. The summed E-state index contributed by atoms with van der Waals surface area (Å²) in [6, 6.07) is 154. The van der Waals surface area contributed by atoms with Crippen molar-refractivity contribution in [2.24, 2.45) is 0 Å². The maximum Gasteiger partial charge on any atom is 0.488 e. The zero-order valence-electron chi connectivity index (χ0n) is 58.5. The Hall–Kier alpha value is -10.2. The Labute approximate surface area is 656 Å². The summed E-state index contributed by atoms with van der Waals surface area (Å²) < 4.78 is 10.6. The average molecular weight is 1620 g/mol. The number of hydrogen-bond acceptors (Lipinski definition) is 6. The zero-order valence-corrected chi connectivity index (χ0v) is 65.2. The molecule has 0 aliphatic carbocycles. The molecule has 2 aromatic heterocycles. The predicted octanol–water partition coefficient (Wildman–Crippen LogP) is 17.8. The minimum Gasteiger partial charge on any atom is -0.453 e. The summed E-state index contributed by atoms with van der Waals surface area (Å²) in [6.45, 7) is 0. The van der Waals surface area contributed by atoms with E-state index in [1.807, 2.05) is 36.4 Å². The third-order valence-corrected chi connectivity index (χ3v) is 26.0. The van der Waals surface area contributed by atoms with Gasteiger partial charge in [-0.25, -0.2) is 0 Å². The van der Waals surface area contributed by atoms with Crippen LogP contribution < -0.4 is 69.1 Å². The van der Waals surface area contributed by atoms with Gasteiger partial charge in [-0.1, -0.05) is 425 Å². The molecule has 0 aliphatic rings. The molecular weight excluding hydrogens is 1550 g/mol. The number of furan rings is 2. The van der Waals surface area contributed by atoms with Crippen LogP contribution in [-0.4, -0.2) is 29.7 Å². The van der Waals surface area contributed by atoms with Gasteiger partial charge in [0, 0.05) is 26.0 Å². The van der Waals surface area contributed by atoms with E-state index in [4.69, 9.17) is 18.9 Å².